The minimum atomic E-state index is 1.03. The molecule has 0 N–H and O–H groups in total. The van der Waals surface area contributed by atoms with E-state index in [9.17, 15) is 0 Å². The van der Waals surface area contributed by atoms with Gasteiger partial charge in [0.2, 0.25) is 0 Å². The first-order valence-corrected chi connectivity index (χ1v) is 11.2. The third kappa shape index (κ3) is 4.15. The predicted octanol–water partition coefficient (Wildman–Crippen LogP) is 8.08. The largest absolute Gasteiger partial charge is 0.341 e. The van der Waals surface area contributed by atoms with E-state index in [1.165, 1.54) is 45.1 Å². The highest BCUT2D eigenvalue weighted by Crippen LogP contribution is 2.32. The van der Waals surface area contributed by atoms with E-state index >= 15 is 0 Å². The molecule has 0 unspecified atom stereocenters. The third-order valence-electron chi connectivity index (χ3n) is 4.70. The van der Waals surface area contributed by atoms with Crippen LogP contribution >= 0.6 is 22.7 Å². The van der Waals surface area contributed by atoms with E-state index in [1.54, 1.807) is 22.7 Å². The molecule has 2 aromatic heterocycles. The lowest BCUT2D eigenvalue weighted by atomic mass is 10.1. The average molecular weight is 390 g/mol. The van der Waals surface area contributed by atoms with Crippen LogP contribution in [0.15, 0.2) is 83.6 Å². The molecule has 2 aromatic carbocycles. The van der Waals surface area contributed by atoms with Gasteiger partial charge in [-0.2, -0.15) is 0 Å². The van der Waals surface area contributed by atoms with Crippen LogP contribution in [0.3, 0.4) is 0 Å². The van der Waals surface area contributed by atoms with Gasteiger partial charge in [0.25, 0.3) is 0 Å². The molecule has 2 heterocycles. The zero-order valence-corrected chi connectivity index (χ0v) is 17.1. The van der Waals surface area contributed by atoms with Gasteiger partial charge in [-0.3, -0.25) is 0 Å². The van der Waals surface area contributed by atoms with E-state index in [1.807, 2.05) is 0 Å². The fourth-order valence-electron chi connectivity index (χ4n) is 3.22. The van der Waals surface area contributed by atoms with E-state index in [2.05, 4.69) is 95.4 Å². The van der Waals surface area contributed by atoms with E-state index < -0.39 is 0 Å². The van der Waals surface area contributed by atoms with Crippen LogP contribution in [0.2, 0.25) is 0 Å². The number of thiophene rings is 2. The van der Waals surface area contributed by atoms with Gasteiger partial charge in [-0.05, 0) is 64.7 Å². The maximum Gasteiger partial charge on any atom is 0.0411 e. The topological polar surface area (TPSA) is 3.24 Å². The first kappa shape index (κ1) is 18.0. The number of rotatable bonds is 7. The summed E-state index contributed by atoms with van der Waals surface area (Å²) in [5.74, 6) is 0. The van der Waals surface area contributed by atoms with Gasteiger partial charge in [-0.1, -0.05) is 49.7 Å². The van der Waals surface area contributed by atoms with Crippen LogP contribution in [-0.2, 0) is 0 Å². The van der Waals surface area contributed by atoms with Crippen molar-refractivity contribution in [3.05, 3.63) is 83.6 Å². The maximum atomic E-state index is 2.43. The van der Waals surface area contributed by atoms with Crippen molar-refractivity contribution >= 4 is 34.0 Å². The highest BCUT2D eigenvalue weighted by molar-refractivity contribution is 7.13. The van der Waals surface area contributed by atoms with Crippen LogP contribution in [0.4, 0.5) is 11.4 Å². The Bertz CT molecular complexity index is 859. The molecule has 0 aliphatic heterocycles. The van der Waals surface area contributed by atoms with Crippen LogP contribution in [0.1, 0.15) is 19.8 Å². The van der Waals surface area contributed by atoms with Crippen LogP contribution in [0.5, 0.6) is 0 Å². The smallest absolute Gasteiger partial charge is 0.0411 e. The van der Waals surface area contributed by atoms with Gasteiger partial charge in [-0.15, -0.1) is 22.7 Å². The number of unbranched alkanes of at least 4 members (excludes halogenated alkanes) is 1. The van der Waals surface area contributed by atoms with Crippen molar-refractivity contribution in [1.82, 2.24) is 0 Å². The van der Waals surface area contributed by atoms with Crippen molar-refractivity contribution in [1.29, 1.82) is 0 Å². The molecule has 27 heavy (non-hydrogen) atoms. The van der Waals surface area contributed by atoms with Crippen molar-refractivity contribution in [2.75, 3.05) is 11.4 Å². The Hall–Kier alpha value is -2.36. The Morgan fingerprint density at radius 3 is 1.52 bits per heavy atom. The molecule has 0 saturated heterocycles. The molecule has 0 aliphatic rings. The van der Waals surface area contributed by atoms with Gasteiger partial charge in [0.05, 0.1) is 0 Å². The van der Waals surface area contributed by atoms with Crippen molar-refractivity contribution in [3.63, 3.8) is 0 Å². The predicted molar refractivity (Wildman–Crippen MR) is 121 cm³/mol. The minimum Gasteiger partial charge on any atom is -0.341 e. The molecule has 0 saturated carbocycles. The van der Waals surface area contributed by atoms with Crippen LogP contribution in [0, 0.1) is 0 Å². The number of nitrogens with zero attached hydrogens (tertiary/aromatic N) is 1. The van der Waals surface area contributed by atoms with Crippen molar-refractivity contribution < 1.29 is 0 Å². The summed E-state index contributed by atoms with van der Waals surface area (Å²) in [4.78, 5) is 5.07. The van der Waals surface area contributed by atoms with Crippen LogP contribution in [-0.4, -0.2) is 6.54 Å². The molecule has 4 aromatic rings. The van der Waals surface area contributed by atoms with E-state index in [0.717, 1.165) is 6.54 Å². The number of hydrogen-bond donors (Lipinski definition) is 0. The molecule has 0 fully saturated rings. The first-order chi connectivity index (χ1) is 13.3. The second-order valence-electron chi connectivity index (χ2n) is 6.55. The molecule has 0 amide bonds. The first-order valence-electron chi connectivity index (χ1n) is 9.40. The molecule has 4 rings (SSSR count). The fraction of sp³-hybridized carbons (Fsp3) is 0.167. The van der Waals surface area contributed by atoms with Gasteiger partial charge in [0, 0.05) is 27.7 Å². The molecular weight excluding hydrogens is 366 g/mol. The van der Waals surface area contributed by atoms with Gasteiger partial charge in [0.1, 0.15) is 0 Å². The highest BCUT2D eigenvalue weighted by Gasteiger charge is 2.10. The molecule has 0 aliphatic carbocycles. The number of anilines is 2. The SMILES string of the molecule is CCCCN(c1ccc(-c2cccs2)cc1)c1ccc(-c2cccs2)cc1. The zero-order valence-electron chi connectivity index (χ0n) is 15.5. The quantitative estimate of drug-likeness (QED) is 0.309. The standard InChI is InChI=1S/C24H23NS2/c1-2-3-16-25(21-12-8-19(9-13-21)23-6-4-17-26-23)22-14-10-20(11-15-22)24-7-5-18-27-24/h4-15,17-18H,2-3,16H2,1H3. The summed E-state index contributed by atoms with van der Waals surface area (Å²) in [6.45, 7) is 3.28. The second kappa shape index (κ2) is 8.55. The molecule has 3 heteroatoms. The summed E-state index contributed by atoms with van der Waals surface area (Å²) in [6.07, 6.45) is 2.37. The Morgan fingerprint density at radius 1 is 0.667 bits per heavy atom. The lowest BCUT2D eigenvalue weighted by molar-refractivity contribution is 0.786. The van der Waals surface area contributed by atoms with Crippen LogP contribution in [0.25, 0.3) is 20.9 Å². The Labute approximate surface area is 169 Å². The van der Waals surface area contributed by atoms with Gasteiger partial charge < -0.3 is 4.90 Å². The van der Waals surface area contributed by atoms with Gasteiger partial charge >= 0.3 is 0 Å². The molecule has 1 nitrogen and oxygen atoms in total. The average Bonchev–Trinajstić information content (AvgIpc) is 3.44. The Kier molecular flexibility index (Phi) is 5.71. The Morgan fingerprint density at radius 2 is 1.15 bits per heavy atom. The molecular formula is C24H23NS2. The molecule has 0 radical (unpaired) electrons. The summed E-state index contributed by atoms with van der Waals surface area (Å²) >= 11 is 3.58. The summed E-state index contributed by atoms with van der Waals surface area (Å²) in [7, 11) is 0. The minimum absolute atomic E-state index is 1.03. The summed E-state index contributed by atoms with van der Waals surface area (Å²) < 4.78 is 0. The molecule has 0 bridgehead atoms. The van der Waals surface area contributed by atoms with Crippen molar-refractivity contribution in [3.8, 4) is 20.9 Å². The van der Waals surface area contributed by atoms with E-state index in [0.29, 0.717) is 0 Å². The number of benzene rings is 2. The van der Waals surface area contributed by atoms with Crippen molar-refractivity contribution in [2.45, 2.75) is 19.8 Å². The molecule has 0 atom stereocenters. The monoisotopic (exact) mass is 389 g/mol. The fourth-order valence-corrected chi connectivity index (χ4v) is 4.69. The molecule has 0 spiro atoms. The highest BCUT2D eigenvalue weighted by atomic mass is 32.1. The van der Waals surface area contributed by atoms with Crippen molar-refractivity contribution in [2.24, 2.45) is 0 Å². The normalized spacial score (nSPS) is 10.9. The zero-order chi connectivity index (χ0) is 18.5. The number of hydrogen-bond acceptors (Lipinski definition) is 3. The molecule has 136 valence electrons. The Balaban J connectivity index is 1.61. The lowest BCUT2D eigenvalue weighted by Gasteiger charge is -2.25. The summed E-state index contributed by atoms with van der Waals surface area (Å²) in [5.41, 5.74) is 5.09. The van der Waals surface area contributed by atoms with Gasteiger partial charge in [-0.25, -0.2) is 0 Å². The van der Waals surface area contributed by atoms with E-state index in [4.69, 9.17) is 0 Å². The van der Waals surface area contributed by atoms with Gasteiger partial charge in [0.15, 0.2) is 0 Å². The second-order valence-corrected chi connectivity index (χ2v) is 8.45. The summed E-state index contributed by atoms with van der Waals surface area (Å²) in [6, 6.07) is 26.5. The lowest BCUT2D eigenvalue weighted by Crippen LogP contribution is -2.18. The maximum absolute atomic E-state index is 2.43. The van der Waals surface area contributed by atoms with E-state index in [-0.39, 0.29) is 0 Å². The van der Waals surface area contributed by atoms with Crippen LogP contribution < -0.4 is 4.90 Å². The third-order valence-corrected chi connectivity index (χ3v) is 6.54. The summed E-state index contributed by atoms with van der Waals surface area (Å²) in [5, 5.41) is 4.26.